The summed E-state index contributed by atoms with van der Waals surface area (Å²) >= 11 is 6.67. The number of urea groups is 1. The molecule has 2 aromatic rings. The average Bonchev–Trinajstić information content (AvgIpc) is 2.78. The van der Waals surface area contributed by atoms with Crippen LogP contribution >= 0.6 is 31.9 Å². The Balaban J connectivity index is 1.66. The molecule has 7 nitrogen and oxygen atoms in total. The van der Waals surface area contributed by atoms with E-state index >= 15 is 0 Å². The topological polar surface area (TPSA) is 111 Å². The van der Waals surface area contributed by atoms with E-state index in [1.165, 1.54) is 0 Å². The minimum absolute atomic E-state index is 0.0349. The Hall–Kier alpha value is -2.96. The summed E-state index contributed by atoms with van der Waals surface area (Å²) in [4.78, 5) is 37.5. The van der Waals surface area contributed by atoms with Crippen molar-refractivity contribution in [3.8, 4) is 6.07 Å². The van der Waals surface area contributed by atoms with Crippen LogP contribution in [0.1, 0.15) is 32.1 Å². The van der Waals surface area contributed by atoms with E-state index in [1.807, 2.05) is 0 Å². The van der Waals surface area contributed by atoms with Gasteiger partial charge in [-0.05, 0) is 79.8 Å². The second-order valence-corrected chi connectivity index (χ2v) is 9.41. The third-order valence-electron chi connectivity index (χ3n) is 5.21. The van der Waals surface area contributed by atoms with E-state index in [9.17, 15) is 19.6 Å². The van der Waals surface area contributed by atoms with E-state index in [1.54, 1.807) is 48.5 Å². The molecule has 2 aromatic carbocycles. The average molecular weight is 574 g/mol. The van der Waals surface area contributed by atoms with Gasteiger partial charge in [0.2, 0.25) is 11.8 Å². The minimum Gasteiger partial charge on any atom is -0.325 e. The van der Waals surface area contributed by atoms with Crippen molar-refractivity contribution in [2.75, 3.05) is 10.6 Å². The van der Waals surface area contributed by atoms with E-state index in [-0.39, 0.29) is 6.42 Å². The molecule has 0 fully saturated rings. The first kappa shape index (κ1) is 24.7. The summed E-state index contributed by atoms with van der Waals surface area (Å²) in [5.41, 5.74) is 2.55. The van der Waals surface area contributed by atoms with Gasteiger partial charge in [0.15, 0.2) is 0 Å². The van der Waals surface area contributed by atoms with Gasteiger partial charge in [0.25, 0.3) is 0 Å². The number of hydrogen-bond donors (Lipinski definition) is 3. The van der Waals surface area contributed by atoms with Crippen molar-refractivity contribution in [2.45, 2.75) is 32.1 Å². The van der Waals surface area contributed by atoms with E-state index in [0.29, 0.717) is 29.8 Å². The molecule has 4 amide bonds. The van der Waals surface area contributed by atoms with Gasteiger partial charge in [0.1, 0.15) is 5.92 Å². The van der Waals surface area contributed by atoms with E-state index in [4.69, 9.17) is 0 Å². The van der Waals surface area contributed by atoms with Crippen molar-refractivity contribution in [1.82, 2.24) is 5.32 Å². The zero-order valence-electron chi connectivity index (χ0n) is 17.7. The van der Waals surface area contributed by atoms with Crippen LogP contribution in [0.3, 0.4) is 0 Å². The molecule has 0 unspecified atom stereocenters. The summed E-state index contributed by atoms with van der Waals surface area (Å²) in [6.07, 6.45) is 2.85. The van der Waals surface area contributed by atoms with Crippen LogP contribution in [-0.4, -0.2) is 17.8 Å². The molecule has 33 heavy (non-hydrogen) atoms. The van der Waals surface area contributed by atoms with Crippen LogP contribution in [0.4, 0.5) is 16.2 Å². The maximum absolute atomic E-state index is 12.8. The molecule has 3 rings (SSSR count). The van der Waals surface area contributed by atoms with Gasteiger partial charge in [0, 0.05) is 26.7 Å². The van der Waals surface area contributed by atoms with Gasteiger partial charge >= 0.3 is 6.03 Å². The first-order valence-electron chi connectivity index (χ1n) is 10.4. The number of imide groups is 1. The molecule has 0 aromatic heterocycles. The standard InChI is InChI=1S/C24H22Br2N4O3/c25-16-5-9-18(10-6-16)28-23(32)21(14-27)20-4-2-1-3-15(20)13-22(31)30-24(33)29-19-11-7-17(26)8-12-19/h5-12,21H,1-4,13H2,(H,28,32)(H2,29,30,31,33)/t21-/m0/s1. The summed E-state index contributed by atoms with van der Waals surface area (Å²) in [5.74, 6) is -1.90. The second-order valence-electron chi connectivity index (χ2n) is 7.58. The van der Waals surface area contributed by atoms with Crippen LogP contribution in [0.2, 0.25) is 0 Å². The number of carbonyl (C=O) groups excluding carboxylic acids is 3. The first-order chi connectivity index (χ1) is 15.9. The number of hydrogen-bond acceptors (Lipinski definition) is 4. The Labute approximate surface area is 208 Å². The molecule has 3 N–H and O–H groups in total. The molecule has 0 radical (unpaired) electrons. The summed E-state index contributed by atoms with van der Waals surface area (Å²) in [5, 5.41) is 17.4. The smallest absolute Gasteiger partial charge is 0.325 e. The summed E-state index contributed by atoms with van der Waals surface area (Å²) < 4.78 is 1.75. The Morgan fingerprint density at radius 2 is 1.42 bits per heavy atom. The molecule has 0 aliphatic heterocycles. The van der Waals surface area contributed by atoms with Gasteiger partial charge in [-0.25, -0.2) is 4.79 Å². The molecular formula is C24H22Br2N4O3. The highest BCUT2D eigenvalue weighted by molar-refractivity contribution is 9.10. The Morgan fingerprint density at radius 3 is 2.00 bits per heavy atom. The van der Waals surface area contributed by atoms with Crippen molar-refractivity contribution in [1.29, 1.82) is 5.26 Å². The first-order valence-corrected chi connectivity index (χ1v) is 12.0. The summed E-state index contributed by atoms with van der Waals surface area (Å²) in [6, 6.07) is 15.5. The predicted molar refractivity (Wildman–Crippen MR) is 133 cm³/mol. The van der Waals surface area contributed by atoms with Gasteiger partial charge < -0.3 is 10.6 Å². The highest BCUT2D eigenvalue weighted by atomic mass is 79.9. The fourth-order valence-electron chi connectivity index (χ4n) is 3.64. The largest absolute Gasteiger partial charge is 0.325 e. The Morgan fingerprint density at radius 1 is 0.879 bits per heavy atom. The highest BCUT2D eigenvalue weighted by Gasteiger charge is 2.28. The molecule has 9 heteroatoms. The number of halogens is 2. The molecular weight excluding hydrogens is 552 g/mol. The van der Waals surface area contributed by atoms with Crippen LogP contribution in [-0.2, 0) is 9.59 Å². The maximum atomic E-state index is 12.8. The fraction of sp³-hybridized carbons (Fsp3) is 0.250. The molecule has 1 aliphatic rings. The molecule has 0 bridgehead atoms. The number of rotatable bonds is 6. The van der Waals surface area contributed by atoms with Crippen molar-refractivity contribution < 1.29 is 14.4 Å². The van der Waals surface area contributed by atoms with E-state index < -0.39 is 23.8 Å². The van der Waals surface area contributed by atoms with E-state index in [0.717, 1.165) is 27.4 Å². The van der Waals surface area contributed by atoms with Gasteiger partial charge in [-0.3, -0.25) is 14.9 Å². The molecule has 0 spiro atoms. The maximum Gasteiger partial charge on any atom is 0.325 e. The molecule has 1 aliphatic carbocycles. The quantitative estimate of drug-likeness (QED) is 0.374. The van der Waals surface area contributed by atoms with Crippen molar-refractivity contribution in [3.05, 3.63) is 68.6 Å². The molecule has 0 heterocycles. The van der Waals surface area contributed by atoms with Crippen molar-refractivity contribution in [3.63, 3.8) is 0 Å². The lowest BCUT2D eigenvalue weighted by Gasteiger charge is -2.23. The number of amides is 4. The number of carbonyl (C=O) groups is 3. The fourth-order valence-corrected chi connectivity index (χ4v) is 4.17. The summed E-state index contributed by atoms with van der Waals surface area (Å²) in [7, 11) is 0. The normalized spacial score (nSPS) is 14.1. The van der Waals surface area contributed by atoms with Crippen LogP contribution in [0, 0.1) is 17.2 Å². The van der Waals surface area contributed by atoms with Crippen LogP contribution in [0.5, 0.6) is 0 Å². The van der Waals surface area contributed by atoms with Gasteiger partial charge in [-0.1, -0.05) is 37.4 Å². The van der Waals surface area contributed by atoms with Crippen LogP contribution in [0.25, 0.3) is 0 Å². The Bertz CT molecular complexity index is 1110. The molecule has 170 valence electrons. The minimum atomic E-state index is -0.992. The number of benzene rings is 2. The number of nitrogens with zero attached hydrogens (tertiary/aromatic N) is 1. The summed E-state index contributed by atoms with van der Waals surface area (Å²) in [6.45, 7) is 0. The van der Waals surface area contributed by atoms with Crippen LogP contribution < -0.4 is 16.0 Å². The molecule has 1 atom stereocenters. The molecule has 0 saturated heterocycles. The van der Waals surface area contributed by atoms with E-state index in [2.05, 4.69) is 53.9 Å². The third kappa shape index (κ3) is 7.27. The number of nitriles is 1. The van der Waals surface area contributed by atoms with Crippen molar-refractivity contribution in [2.24, 2.45) is 5.92 Å². The lowest BCUT2D eigenvalue weighted by molar-refractivity contribution is -0.120. The number of nitrogens with one attached hydrogen (secondary N) is 3. The predicted octanol–water partition coefficient (Wildman–Crippen LogP) is 5.90. The Kier molecular flexibility index (Phi) is 8.80. The zero-order valence-corrected chi connectivity index (χ0v) is 20.8. The van der Waals surface area contributed by atoms with Gasteiger partial charge in [-0.2, -0.15) is 5.26 Å². The van der Waals surface area contributed by atoms with Gasteiger partial charge in [-0.15, -0.1) is 0 Å². The SMILES string of the molecule is N#C[C@H](C(=O)Nc1ccc(Br)cc1)C1=C(CC(=O)NC(=O)Nc2ccc(Br)cc2)CCCC1. The second kappa shape index (κ2) is 11.8. The lowest BCUT2D eigenvalue weighted by Crippen LogP contribution is -2.35. The highest BCUT2D eigenvalue weighted by Crippen LogP contribution is 2.32. The number of anilines is 2. The van der Waals surface area contributed by atoms with Crippen molar-refractivity contribution >= 4 is 61.1 Å². The molecule has 0 saturated carbocycles. The lowest BCUT2D eigenvalue weighted by atomic mass is 9.82. The monoisotopic (exact) mass is 572 g/mol. The zero-order chi connectivity index (χ0) is 23.8. The van der Waals surface area contributed by atoms with Crippen LogP contribution in [0.15, 0.2) is 68.6 Å². The third-order valence-corrected chi connectivity index (χ3v) is 6.27. The van der Waals surface area contributed by atoms with Gasteiger partial charge in [0.05, 0.1) is 6.07 Å².